The monoisotopic (exact) mass is 350 g/mol. The van der Waals surface area contributed by atoms with Crippen molar-refractivity contribution in [2.75, 3.05) is 18.2 Å². The van der Waals surface area contributed by atoms with E-state index < -0.39 is 18.7 Å². The molecule has 0 radical (unpaired) electrons. The van der Waals surface area contributed by atoms with Gasteiger partial charge in [0.15, 0.2) is 6.10 Å². The standard InChI is InChI=1S/C16H13F3N4O2/c1-24-9-4-2-8(3-5-9)22-13-10-6-12(16(17,18)19)25-15(10)23-14(21)11(13)7-20/h2-5,12H,6H2,1H3,(H3,21,22,23). The number of nitrogens with zero attached hydrogens (tertiary/aromatic N) is 2. The smallest absolute Gasteiger partial charge is 0.425 e. The fraction of sp³-hybridized carbons (Fsp3) is 0.250. The molecule has 0 saturated heterocycles. The number of nitrogen functional groups attached to an aromatic ring is 1. The van der Waals surface area contributed by atoms with E-state index in [0.717, 1.165) is 0 Å². The van der Waals surface area contributed by atoms with E-state index in [1.807, 2.05) is 6.07 Å². The molecule has 3 rings (SSSR count). The van der Waals surface area contributed by atoms with Gasteiger partial charge in [-0.2, -0.15) is 23.4 Å². The van der Waals surface area contributed by atoms with Crippen molar-refractivity contribution in [3.05, 3.63) is 35.4 Å². The van der Waals surface area contributed by atoms with Gasteiger partial charge in [0.2, 0.25) is 5.88 Å². The third kappa shape index (κ3) is 3.10. The Hall–Kier alpha value is -3.15. The maximum absolute atomic E-state index is 13.0. The predicted octanol–water partition coefficient (Wildman–Crippen LogP) is 3.15. The van der Waals surface area contributed by atoms with Crippen molar-refractivity contribution in [3.63, 3.8) is 0 Å². The first-order valence-electron chi connectivity index (χ1n) is 7.20. The van der Waals surface area contributed by atoms with Crippen molar-refractivity contribution >= 4 is 17.2 Å². The molecular formula is C16H13F3N4O2. The van der Waals surface area contributed by atoms with Crippen molar-refractivity contribution in [2.24, 2.45) is 0 Å². The quantitative estimate of drug-likeness (QED) is 0.883. The Balaban J connectivity index is 2.02. The molecule has 2 aromatic rings. The van der Waals surface area contributed by atoms with Gasteiger partial charge in [0.25, 0.3) is 0 Å². The molecule has 130 valence electrons. The van der Waals surface area contributed by atoms with E-state index in [2.05, 4.69) is 10.3 Å². The summed E-state index contributed by atoms with van der Waals surface area (Å²) in [5.74, 6) is 0.209. The number of methoxy groups -OCH3 is 1. The Morgan fingerprint density at radius 1 is 1.36 bits per heavy atom. The molecule has 1 aromatic carbocycles. The maximum atomic E-state index is 13.0. The van der Waals surface area contributed by atoms with Gasteiger partial charge in [-0.25, -0.2) is 0 Å². The van der Waals surface area contributed by atoms with E-state index in [1.54, 1.807) is 24.3 Å². The number of alkyl halides is 3. The van der Waals surface area contributed by atoms with Gasteiger partial charge in [0.1, 0.15) is 23.2 Å². The zero-order valence-electron chi connectivity index (χ0n) is 13.0. The van der Waals surface area contributed by atoms with Gasteiger partial charge in [-0.15, -0.1) is 0 Å². The van der Waals surface area contributed by atoms with Gasteiger partial charge >= 0.3 is 6.18 Å². The number of nitrogens with two attached hydrogens (primary N) is 1. The molecule has 0 fully saturated rings. The Kier molecular flexibility index (Phi) is 4.04. The molecule has 25 heavy (non-hydrogen) atoms. The summed E-state index contributed by atoms with van der Waals surface area (Å²) < 4.78 is 48.8. The molecule has 3 N–H and O–H groups in total. The van der Waals surface area contributed by atoms with Gasteiger partial charge in [0, 0.05) is 17.7 Å². The lowest BCUT2D eigenvalue weighted by atomic mass is 10.1. The number of ether oxygens (including phenoxy) is 2. The molecule has 1 aliphatic rings. The maximum Gasteiger partial charge on any atom is 0.425 e. The van der Waals surface area contributed by atoms with Crippen LogP contribution in [0.5, 0.6) is 11.6 Å². The van der Waals surface area contributed by atoms with E-state index in [9.17, 15) is 18.4 Å². The first kappa shape index (κ1) is 16.7. The van der Waals surface area contributed by atoms with Crippen molar-refractivity contribution in [1.82, 2.24) is 4.98 Å². The molecule has 1 atom stereocenters. The van der Waals surface area contributed by atoms with Gasteiger partial charge < -0.3 is 20.5 Å². The van der Waals surface area contributed by atoms with Gasteiger partial charge in [-0.3, -0.25) is 0 Å². The third-order valence-corrected chi connectivity index (χ3v) is 3.77. The van der Waals surface area contributed by atoms with E-state index in [4.69, 9.17) is 15.2 Å². The molecule has 6 nitrogen and oxygen atoms in total. The average Bonchev–Trinajstić information content (AvgIpc) is 3.00. The van der Waals surface area contributed by atoms with Crippen molar-refractivity contribution in [2.45, 2.75) is 18.7 Å². The second-order valence-electron chi connectivity index (χ2n) is 5.35. The van der Waals surface area contributed by atoms with Crippen LogP contribution in [-0.2, 0) is 6.42 Å². The van der Waals surface area contributed by atoms with Crippen LogP contribution in [0.2, 0.25) is 0 Å². The molecule has 1 unspecified atom stereocenters. The number of nitrogens with one attached hydrogen (secondary N) is 1. The molecule has 0 saturated carbocycles. The number of aromatic nitrogens is 1. The molecule has 9 heteroatoms. The van der Waals surface area contributed by atoms with Gasteiger partial charge in [-0.1, -0.05) is 0 Å². The summed E-state index contributed by atoms with van der Waals surface area (Å²) in [5, 5.41) is 12.3. The third-order valence-electron chi connectivity index (χ3n) is 3.77. The molecule has 0 amide bonds. The fourth-order valence-electron chi connectivity index (χ4n) is 2.52. The number of hydrogen-bond acceptors (Lipinski definition) is 6. The van der Waals surface area contributed by atoms with E-state index in [1.165, 1.54) is 7.11 Å². The van der Waals surface area contributed by atoms with E-state index in [0.29, 0.717) is 11.4 Å². The van der Waals surface area contributed by atoms with Crippen LogP contribution in [0.15, 0.2) is 24.3 Å². The number of rotatable bonds is 3. The lowest BCUT2D eigenvalue weighted by Gasteiger charge is -2.13. The number of halogens is 3. The molecule has 2 heterocycles. The van der Waals surface area contributed by atoms with E-state index in [-0.39, 0.29) is 28.5 Å². The zero-order chi connectivity index (χ0) is 18.2. The molecule has 1 aliphatic heterocycles. The average molecular weight is 350 g/mol. The zero-order valence-corrected chi connectivity index (χ0v) is 13.0. The van der Waals surface area contributed by atoms with Crippen molar-refractivity contribution < 1.29 is 22.6 Å². The normalized spacial score (nSPS) is 15.9. The second kappa shape index (κ2) is 6.05. The number of hydrogen-bond donors (Lipinski definition) is 2. The summed E-state index contributed by atoms with van der Waals surface area (Å²) in [7, 11) is 1.52. The van der Waals surface area contributed by atoms with Crippen LogP contribution >= 0.6 is 0 Å². The Labute approximate surface area is 141 Å². The topological polar surface area (TPSA) is 93.2 Å². The predicted molar refractivity (Wildman–Crippen MR) is 83.8 cm³/mol. The van der Waals surface area contributed by atoms with Crippen LogP contribution in [0.4, 0.5) is 30.4 Å². The molecular weight excluding hydrogens is 337 g/mol. The second-order valence-corrected chi connectivity index (χ2v) is 5.35. The Bertz CT molecular complexity index is 844. The van der Waals surface area contributed by atoms with Crippen LogP contribution in [0.25, 0.3) is 0 Å². The van der Waals surface area contributed by atoms with E-state index >= 15 is 0 Å². The number of benzene rings is 1. The number of nitriles is 1. The lowest BCUT2D eigenvalue weighted by Crippen LogP contribution is -2.32. The van der Waals surface area contributed by atoms with Crippen LogP contribution < -0.4 is 20.5 Å². The number of pyridine rings is 1. The van der Waals surface area contributed by atoms with Crippen LogP contribution in [0.3, 0.4) is 0 Å². The first-order valence-corrected chi connectivity index (χ1v) is 7.20. The molecule has 0 bridgehead atoms. The minimum atomic E-state index is -4.54. The Morgan fingerprint density at radius 2 is 2.04 bits per heavy atom. The molecule has 0 aliphatic carbocycles. The minimum Gasteiger partial charge on any atom is -0.497 e. The highest BCUT2D eigenvalue weighted by Crippen LogP contribution is 2.42. The number of anilines is 3. The summed E-state index contributed by atoms with van der Waals surface area (Å²) in [6.45, 7) is 0. The Morgan fingerprint density at radius 3 is 2.60 bits per heavy atom. The highest BCUT2D eigenvalue weighted by atomic mass is 19.4. The highest BCUT2D eigenvalue weighted by molar-refractivity contribution is 5.77. The first-order chi connectivity index (χ1) is 11.8. The molecule has 1 aromatic heterocycles. The van der Waals surface area contributed by atoms with Crippen LogP contribution in [0.1, 0.15) is 11.1 Å². The summed E-state index contributed by atoms with van der Waals surface area (Å²) in [5.41, 5.74) is 6.57. The van der Waals surface area contributed by atoms with Crippen molar-refractivity contribution in [3.8, 4) is 17.7 Å². The van der Waals surface area contributed by atoms with Crippen molar-refractivity contribution in [1.29, 1.82) is 5.26 Å². The summed E-state index contributed by atoms with van der Waals surface area (Å²) in [6, 6.07) is 8.56. The summed E-state index contributed by atoms with van der Waals surface area (Å²) in [4.78, 5) is 3.79. The largest absolute Gasteiger partial charge is 0.497 e. The van der Waals surface area contributed by atoms with Gasteiger partial charge in [0.05, 0.1) is 12.8 Å². The minimum absolute atomic E-state index is 0.0269. The SMILES string of the molecule is COc1ccc(Nc2c(C#N)c(N)nc3c2CC(C(F)(F)F)O3)cc1. The lowest BCUT2D eigenvalue weighted by molar-refractivity contribution is -0.189. The van der Waals surface area contributed by atoms with Crippen LogP contribution in [-0.4, -0.2) is 24.4 Å². The fourth-order valence-corrected chi connectivity index (χ4v) is 2.52. The highest BCUT2D eigenvalue weighted by Gasteiger charge is 2.47. The molecule has 0 spiro atoms. The number of fused-ring (bicyclic) bond motifs is 1. The van der Waals surface area contributed by atoms with Crippen LogP contribution in [0, 0.1) is 11.3 Å². The summed E-state index contributed by atoms with van der Waals surface area (Å²) >= 11 is 0. The van der Waals surface area contributed by atoms with Gasteiger partial charge in [-0.05, 0) is 24.3 Å². The summed E-state index contributed by atoms with van der Waals surface area (Å²) in [6.07, 6.45) is -7.00.